The van der Waals surface area contributed by atoms with Crippen LogP contribution >= 0.6 is 0 Å². The molecule has 0 radical (unpaired) electrons. The van der Waals surface area contributed by atoms with Crippen molar-refractivity contribution in [2.75, 3.05) is 13.1 Å². The highest BCUT2D eigenvalue weighted by Crippen LogP contribution is 2.17. The predicted octanol–water partition coefficient (Wildman–Crippen LogP) is 0.694. The second-order valence-corrected chi connectivity index (χ2v) is 3.19. The van der Waals surface area contributed by atoms with Crippen LogP contribution in [0.1, 0.15) is 12.1 Å². The van der Waals surface area contributed by atoms with Gasteiger partial charge >= 0.3 is 0 Å². The van der Waals surface area contributed by atoms with Crippen LogP contribution in [0.5, 0.6) is 5.75 Å². The molecule has 1 aromatic rings. The zero-order valence-corrected chi connectivity index (χ0v) is 7.73. The molecule has 1 aromatic heterocycles. The number of rotatable bonds is 2. The van der Waals surface area contributed by atoms with Crippen LogP contribution in [0, 0.1) is 11.3 Å². The van der Waals surface area contributed by atoms with E-state index in [0.29, 0.717) is 11.4 Å². The Morgan fingerprint density at radius 1 is 1.64 bits per heavy atom. The van der Waals surface area contributed by atoms with Gasteiger partial charge in [-0.15, -0.1) is 0 Å². The van der Waals surface area contributed by atoms with Gasteiger partial charge in [-0.2, -0.15) is 5.26 Å². The molecule has 0 amide bonds. The van der Waals surface area contributed by atoms with Crippen molar-refractivity contribution >= 4 is 0 Å². The van der Waals surface area contributed by atoms with Crippen molar-refractivity contribution in [2.45, 2.75) is 12.5 Å². The van der Waals surface area contributed by atoms with E-state index in [1.165, 1.54) is 0 Å². The Labute approximate surface area is 82.5 Å². The molecule has 2 heterocycles. The van der Waals surface area contributed by atoms with Crippen molar-refractivity contribution in [3.8, 4) is 11.8 Å². The first-order valence-electron chi connectivity index (χ1n) is 4.62. The van der Waals surface area contributed by atoms with Gasteiger partial charge in [0.25, 0.3) is 0 Å². The SMILES string of the molecule is N#Cc1ncccc1O[C@@H]1CCNC1. The number of aromatic nitrogens is 1. The molecular formula is C10H11N3O. The van der Waals surface area contributed by atoms with Crippen LogP contribution in [-0.4, -0.2) is 24.2 Å². The zero-order valence-electron chi connectivity index (χ0n) is 7.73. The zero-order chi connectivity index (χ0) is 9.80. The van der Waals surface area contributed by atoms with Gasteiger partial charge in [0.15, 0.2) is 11.4 Å². The lowest BCUT2D eigenvalue weighted by atomic mass is 10.3. The van der Waals surface area contributed by atoms with Crippen LogP contribution in [0.25, 0.3) is 0 Å². The molecule has 0 spiro atoms. The summed E-state index contributed by atoms with van der Waals surface area (Å²) in [6, 6.07) is 5.57. The van der Waals surface area contributed by atoms with Gasteiger partial charge in [0.05, 0.1) is 0 Å². The number of ether oxygens (including phenoxy) is 1. The Balaban J connectivity index is 2.11. The molecular weight excluding hydrogens is 178 g/mol. The number of hydrogen-bond acceptors (Lipinski definition) is 4. The first kappa shape index (κ1) is 8.97. The molecule has 72 valence electrons. The third kappa shape index (κ3) is 1.83. The summed E-state index contributed by atoms with van der Waals surface area (Å²) in [5, 5.41) is 12.0. The van der Waals surface area contributed by atoms with Crippen molar-refractivity contribution in [2.24, 2.45) is 0 Å². The van der Waals surface area contributed by atoms with Gasteiger partial charge < -0.3 is 10.1 Å². The van der Waals surface area contributed by atoms with E-state index in [2.05, 4.69) is 10.3 Å². The minimum absolute atomic E-state index is 0.172. The molecule has 1 N–H and O–H groups in total. The summed E-state index contributed by atoms with van der Waals surface area (Å²) in [6.45, 7) is 1.83. The predicted molar refractivity (Wildman–Crippen MR) is 50.9 cm³/mol. The van der Waals surface area contributed by atoms with Crippen molar-refractivity contribution in [1.29, 1.82) is 5.26 Å². The summed E-state index contributed by atoms with van der Waals surface area (Å²) < 4.78 is 5.65. The summed E-state index contributed by atoms with van der Waals surface area (Å²) >= 11 is 0. The molecule has 1 aliphatic heterocycles. The van der Waals surface area contributed by atoms with E-state index in [9.17, 15) is 0 Å². The van der Waals surface area contributed by atoms with Crippen LogP contribution in [-0.2, 0) is 0 Å². The van der Waals surface area contributed by atoms with Gasteiger partial charge in [-0.3, -0.25) is 0 Å². The Morgan fingerprint density at radius 2 is 2.57 bits per heavy atom. The molecule has 1 saturated heterocycles. The van der Waals surface area contributed by atoms with Gasteiger partial charge in [0.2, 0.25) is 0 Å². The molecule has 0 aliphatic carbocycles. The first-order chi connectivity index (χ1) is 6.90. The molecule has 4 nitrogen and oxygen atoms in total. The highest BCUT2D eigenvalue weighted by Gasteiger charge is 2.17. The van der Waals surface area contributed by atoms with Crippen LogP contribution in [0.4, 0.5) is 0 Å². The average Bonchev–Trinajstić information content (AvgIpc) is 2.71. The molecule has 2 rings (SSSR count). The van der Waals surface area contributed by atoms with E-state index >= 15 is 0 Å². The number of nitriles is 1. The summed E-state index contributed by atoms with van der Waals surface area (Å²) in [4.78, 5) is 3.93. The Morgan fingerprint density at radius 3 is 3.29 bits per heavy atom. The fourth-order valence-electron chi connectivity index (χ4n) is 1.48. The topological polar surface area (TPSA) is 57.9 Å². The molecule has 1 atom stereocenters. The van der Waals surface area contributed by atoms with E-state index in [0.717, 1.165) is 19.5 Å². The minimum Gasteiger partial charge on any atom is -0.486 e. The number of hydrogen-bond donors (Lipinski definition) is 1. The second kappa shape index (κ2) is 4.07. The highest BCUT2D eigenvalue weighted by atomic mass is 16.5. The lowest BCUT2D eigenvalue weighted by Gasteiger charge is -2.12. The summed E-state index contributed by atoms with van der Waals surface area (Å²) in [6.07, 6.45) is 2.75. The van der Waals surface area contributed by atoms with Gasteiger partial charge in [-0.05, 0) is 25.1 Å². The van der Waals surface area contributed by atoms with E-state index < -0.39 is 0 Å². The number of pyridine rings is 1. The first-order valence-corrected chi connectivity index (χ1v) is 4.62. The molecule has 0 aromatic carbocycles. The molecule has 0 saturated carbocycles. The average molecular weight is 189 g/mol. The minimum atomic E-state index is 0.172. The van der Waals surface area contributed by atoms with E-state index in [-0.39, 0.29) is 6.10 Å². The molecule has 1 aliphatic rings. The van der Waals surface area contributed by atoms with Gasteiger partial charge in [-0.25, -0.2) is 4.98 Å². The van der Waals surface area contributed by atoms with E-state index in [1.54, 1.807) is 18.3 Å². The molecule has 1 fully saturated rings. The van der Waals surface area contributed by atoms with Crippen LogP contribution in [0.15, 0.2) is 18.3 Å². The molecule has 0 unspecified atom stereocenters. The summed E-state index contributed by atoms with van der Waals surface area (Å²) in [5.41, 5.74) is 0.361. The highest BCUT2D eigenvalue weighted by molar-refractivity contribution is 5.36. The Bertz CT molecular complexity index is 353. The Kier molecular flexibility index (Phi) is 2.61. The van der Waals surface area contributed by atoms with Crippen molar-refractivity contribution in [3.63, 3.8) is 0 Å². The van der Waals surface area contributed by atoms with Crippen LogP contribution in [0.3, 0.4) is 0 Å². The molecule has 0 bridgehead atoms. The van der Waals surface area contributed by atoms with Gasteiger partial charge in [-0.1, -0.05) is 0 Å². The number of nitrogens with one attached hydrogen (secondary N) is 1. The van der Waals surface area contributed by atoms with Gasteiger partial charge in [0, 0.05) is 12.7 Å². The fourth-order valence-corrected chi connectivity index (χ4v) is 1.48. The third-order valence-corrected chi connectivity index (χ3v) is 2.19. The standard InChI is InChI=1S/C10H11N3O/c11-6-9-10(2-1-4-13-9)14-8-3-5-12-7-8/h1-2,4,8,12H,3,5,7H2/t8-/m1/s1. The van der Waals surface area contributed by atoms with Gasteiger partial charge in [0.1, 0.15) is 12.2 Å². The summed E-state index contributed by atoms with van der Waals surface area (Å²) in [5.74, 6) is 0.587. The van der Waals surface area contributed by atoms with Crippen LogP contribution in [0.2, 0.25) is 0 Å². The maximum atomic E-state index is 8.78. The normalized spacial score (nSPS) is 20.4. The molecule has 14 heavy (non-hydrogen) atoms. The van der Waals surface area contributed by atoms with Crippen molar-refractivity contribution in [3.05, 3.63) is 24.0 Å². The smallest absolute Gasteiger partial charge is 0.182 e. The fraction of sp³-hybridized carbons (Fsp3) is 0.400. The number of nitrogens with zero attached hydrogens (tertiary/aromatic N) is 2. The van der Waals surface area contributed by atoms with E-state index in [1.807, 2.05) is 6.07 Å². The second-order valence-electron chi connectivity index (χ2n) is 3.19. The van der Waals surface area contributed by atoms with Crippen molar-refractivity contribution in [1.82, 2.24) is 10.3 Å². The van der Waals surface area contributed by atoms with Crippen molar-refractivity contribution < 1.29 is 4.74 Å². The maximum absolute atomic E-state index is 8.78. The molecule has 4 heteroatoms. The van der Waals surface area contributed by atoms with E-state index in [4.69, 9.17) is 10.00 Å². The maximum Gasteiger partial charge on any atom is 0.182 e. The summed E-state index contributed by atoms with van der Waals surface area (Å²) in [7, 11) is 0. The lowest BCUT2D eigenvalue weighted by Crippen LogP contribution is -2.20. The monoisotopic (exact) mass is 189 g/mol. The largest absolute Gasteiger partial charge is 0.486 e. The van der Waals surface area contributed by atoms with Crippen LogP contribution < -0.4 is 10.1 Å². The third-order valence-electron chi connectivity index (χ3n) is 2.19. The lowest BCUT2D eigenvalue weighted by molar-refractivity contribution is 0.221. The quantitative estimate of drug-likeness (QED) is 0.743. The Hall–Kier alpha value is -1.60.